The lowest BCUT2D eigenvalue weighted by atomic mass is 10.2. The number of methoxy groups -OCH3 is 1. The van der Waals surface area contributed by atoms with E-state index >= 15 is 0 Å². The maximum atomic E-state index is 13.8. The molecule has 0 aliphatic heterocycles. The van der Waals surface area contributed by atoms with E-state index < -0.39 is 0 Å². The molecule has 1 heterocycles. The number of nitrogens with two attached hydrogens (primary N) is 1. The molecule has 90 valence electrons. The second kappa shape index (κ2) is 5.20. The van der Waals surface area contributed by atoms with Crippen LogP contribution in [0.3, 0.4) is 0 Å². The Bertz CT molecular complexity index is 515. The molecule has 0 saturated heterocycles. The Morgan fingerprint density at radius 1 is 1.41 bits per heavy atom. The van der Waals surface area contributed by atoms with Crippen molar-refractivity contribution in [2.75, 3.05) is 13.7 Å². The van der Waals surface area contributed by atoms with Crippen molar-refractivity contribution in [3.63, 3.8) is 0 Å². The van der Waals surface area contributed by atoms with Crippen LogP contribution < -0.4 is 10.5 Å². The van der Waals surface area contributed by atoms with E-state index in [4.69, 9.17) is 10.5 Å². The molecule has 0 aliphatic rings. The maximum Gasteiger partial charge on any atom is 0.150 e. The van der Waals surface area contributed by atoms with Crippen LogP contribution in [0.5, 0.6) is 5.75 Å². The Hall–Kier alpha value is -1.53. The number of ether oxygens (including phenoxy) is 1. The number of benzene rings is 1. The molecule has 4 nitrogen and oxygen atoms in total. The third-order valence-corrected chi connectivity index (χ3v) is 3.25. The molecule has 0 atom stereocenters. The van der Waals surface area contributed by atoms with Gasteiger partial charge in [-0.3, -0.25) is 0 Å². The van der Waals surface area contributed by atoms with E-state index in [-0.39, 0.29) is 5.82 Å². The van der Waals surface area contributed by atoms with Crippen molar-refractivity contribution in [1.29, 1.82) is 0 Å². The molecule has 0 spiro atoms. The normalized spacial score (nSPS) is 10.5. The first-order valence-corrected chi connectivity index (χ1v) is 5.92. The van der Waals surface area contributed by atoms with Gasteiger partial charge in [0.05, 0.1) is 7.11 Å². The zero-order valence-electron chi connectivity index (χ0n) is 9.31. The summed E-state index contributed by atoms with van der Waals surface area (Å²) in [6, 6.07) is 4.67. The number of nitrogens with zero attached hydrogens (tertiary/aromatic N) is 2. The summed E-state index contributed by atoms with van der Waals surface area (Å²) in [5.41, 5.74) is 5.86. The maximum absolute atomic E-state index is 13.8. The number of aromatic nitrogens is 2. The van der Waals surface area contributed by atoms with Crippen LogP contribution in [0.25, 0.3) is 10.6 Å². The Balaban J connectivity index is 2.32. The highest BCUT2D eigenvalue weighted by molar-refractivity contribution is 7.14. The van der Waals surface area contributed by atoms with Gasteiger partial charge in [-0.1, -0.05) is 11.3 Å². The van der Waals surface area contributed by atoms with Gasteiger partial charge in [0.25, 0.3) is 0 Å². The summed E-state index contributed by atoms with van der Waals surface area (Å²) in [4.78, 5) is 0. The van der Waals surface area contributed by atoms with Crippen LogP contribution in [0.15, 0.2) is 18.2 Å². The quantitative estimate of drug-likeness (QED) is 0.903. The Morgan fingerprint density at radius 2 is 2.24 bits per heavy atom. The lowest BCUT2D eigenvalue weighted by Gasteiger charge is -2.02. The molecule has 0 unspecified atom stereocenters. The van der Waals surface area contributed by atoms with Gasteiger partial charge in [-0.25, -0.2) is 4.39 Å². The van der Waals surface area contributed by atoms with Gasteiger partial charge in [0.1, 0.15) is 16.6 Å². The molecular formula is C11H12FN3OS. The van der Waals surface area contributed by atoms with E-state index in [0.29, 0.717) is 29.3 Å². The summed E-state index contributed by atoms with van der Waals surface area (Å²) in [7, 11) is 1.50. The van der Waals surface area contributed by atoms with Crippen molar-refractivity contribution in [2.45, 2.75) is 6.42 Å². The lowest BCUT2D eigenvalue weighted by Crippen LogP contribution is -2.01. The molecule has 0 radical (unpaired) electrons. The second-order valence-corrected chi connectivity index (χ2v) is 4.45. The zero-order chi connectivity index (χ0) is 12.3. The van der Waals surface area contributed by atoms with Crippen molar-refractivity contribution in [3.05, 3.63) is 29.0 Å². The highest BCUT2D eigenvalue weighted by Crippen LogP contribution is 2.28. The second-order valence-electron chi connectivity index (χ2n) is 3.39. The van der Waals surface area contributed by atoms with Crippen LogP contribution in [0.1, 0.15) is 5.01 Å². The zero-order valence-corrected chi connectivity index (χ0v) is 10.1. The van der Waals surface area contributed by atoms with Gasteiger partial charge in [0, 0.05) is 18.1 Å². The first kappa shape index (κ1) is 11.9. The molecule has 2 aromatic rings. The summed E-state index contributed by atoms with van der Waals surface area (Å²) in [6.07, 6.45) is 0.662. The van der Waals surface area contributed by atoms with Gasteiger partial charge in [0.15, 0.2) is 5.01 Å². The van der Waals surface area contributed by atoms with Crippen LogP contribution in [0, 0.1) is 5.82 Å². The number of hydrogen-bond acceptors (Lipinski definition) is 5. The lowest BCUT2D eigenvalue weighted by molar-refractivity contribution is 0.411. The molecule has 0 amide bonds. The highest BCUT2D eigenvalue weighted by Gasteiger charge is 2.11. The van der Waals surface area contributed by atoms with Crippen molar-refractivity contribution in [3.8, 4) is 16.3 Å². The van der Waals surface area contributed by atoms with Gasteiger partial charge in [0.2, 0.25) is 0 Å². The minimum Gasteiger partial charge on any atom is -0.497 e. The highest BCUT2D eigenvalue weighted by atomic mass is 32.1. The van der Waals surface area contributed by atoms with Gasteiger partial charge in [-0.05, 0) is 18.7 Å². The van der Waals surface area contributed by atoms with Crippen LogP contribution in [0.4, 0.5) is 4.39 Å². The van der Waals surface area contributed by atoms with Gasteiger partial charge in [-0.15, -0.1) is 10.2 Å². The van der Waals surface area contributed by atoms with E-state index in [1.54, 1.807) is 12.1 Å². The molecule has 17 heavy (non-hydrogen) atoms. The average molecular weight is 253 g/mol. The minimum absolute atomic E-state index is 0.361. The third-order valence-electron chi connectivity index (χ3n) is 2.23. The van der Waals surface area contributed by atoms with E-state index in [2.05, 4.69) is 10.2 Å². The molecule has 0 bridgehead atoms. The van der Waals surface area contributed by atoms with E-state index in [0.717, 1.165) is 5.01 Å². The van der Waals surface area contributed by atoms with Crippen LogP contribution >= 0.6 is 11.3 Å². The monoisotopic (exact) mass is 253 g/mol. The number of halogens is 1. The molecule has 0 aliphatic carbocycles. The molecule has 2 rings (SSSR count). The van der Waals surface area contributed by atoms with Gasteiger partial charge < -0.3 is 10.5 Å². The first-order valence-electron chi connectivity index (χ1n) is 5.11. The fourth-order valence-corrected chi connectivity index (χ4v) is 2.27. The standard InChI is InChI=1S/C11H12FN3OS/c1-16-7-2-3-8(9(12)6-7)11-15-14-10(17-11)4-5-13/h2-3,6H,4-5,13H2,1H3. The average Bonchev–Trinajstić information content (AvgIpc) is 2.78. The summed E-state index contributed by atoms with van der Waals surface area (Å²) in [5.74, 6) is 0.123. The molecule has 1 aromatic heterocycles. The fraction of sp³-hybridized carbons (Fsp3) is 0.273. The Morgan fingerprint density at radius 3 is 2.88 bits per heavy atom. The third kappa shape index (κ3) is 2.59. The SMILES string of the molecule is COc1ccc(-c2nnc(CCN)s2)c(F)c1. The molecular weight excluding hydrogens is 241 g/mol. The Labute approximate surface area is 102 Å². The Kier molecular flexibility index (Phi) is 3.65. The molecule has 6 heteroatoms. The molecule has 0 fully saturated rings. The molecule has 0 saturated carbocycles. The van der Waals surface area contributed by atoms with E-state index in [1.807, 2.05) is 0 Å². The van der Waals surface area contributed by atoms with Crippen molar-refractivity contribution in [1.82, 2.24) is 10.2 Å². The fourth-order valence-electron chi connectivity index (χ4n) is 1.38. The van der Waals surface area contributed by atoms with E-state index in [1.165, 1.54) is 24.5 Å². The van der Waals surface area contributed by atoms with Crippen LogP contribution in [0.2, 0.25) is 0 Å². The predicted octanol–water partition coefficient (Wildman–Crippen LogP) is 1.85. The smallest absolute Gasteiger partial charge is 0.150 e. The van der Waals surface area contributed by atoms with Gasteiger partial charge in [-0.2, -0.15) is 0 Å². The predicted molar refractivity (Wildman–Crippen MR) is 64.6 cm³/mol. The number of rotatable bonds is 4. The molecule has 2 N–H and O–H groups in total. The van der Waals surface area contributed by atoms with Crippen molar-refractivity contribution >= 4 is 11.3 Å². The summed E-state index contributed by atoms with van der Waals surface area (Å²) in [5, 5.41) is 9.29. The van der Waals surface area contributed by atoms with Crippen LogP contribution in [-0.2, 0) is 6.42 Å². The van der Waals surface area contributed by atoms with E-state index in [9.17, 15) is 4.39 Å². The van der Waals surface area contributed by atoms with Crippen molar-refractivity contribution < 1.29 is 9.13 Å². The minimum atomic E-state index is -0.361. The molecule has 1 aromatic carbocycles. The summed E-state index contributed by atoms with van der Waals surface area (Å²) >= 11 is 1.36. The van der Waals surface area contributed by atoms with Gasteiger partial charge >= 0.3 is 0 Å². The van der Waals surface area contributed by atoms with Crippen molar-refractivity contribution in [2.24, 2.45) is 5.73 Å². The summed E-state index contributed by atoms with van der Waals surface area (Å²) in [6.45, 7) is 0.514. The topological polar surface area (TPSA) is 61.0 Å². The first-order chi connectivity index (χ1) is 8.24. The number of hydrogen-bond donors (Lipinski definition) is 1. The largest absolute Gasteiger partial charge is 0.497 e. The summed E-state index contributed by atoms with van der Waals surface area (Å²) < 4.78 is 18.7. The van der Waals surface area contributed by atoms with Crippen LogP contribution in [-0.4, -0.2) is 23.9 Å².